The SMILES string of the molecule is CC(C)CN(CCC#N)c1nccc(N)n1. The van der Waals surface area contributed by atoms with E-state index in [0.717, 1.165) is 6.54 Å². The summed E-state index contributed by atoms with van der Waals surface area (Å²) in [6.07, 6.45) is 2.10. The van der Waals surface area contributed by atoms with E-state index in [2.05, 4.69) is 29.9 Å². The third-order valence-electron chi connectivity index (χ3n) is 2.03. The summed E-state index contributed by atoms with van der Waals surface area (Å²) in [5.74, 6) is 1.54. The van der Waals surface area contributed by atoms with Crippen molar-refractivity contribution in [1.29, 1.82) is 5.26 Å². The van der Waals surface area contributed by atoms with Gasteiger partial charge in [0.05, 0.1) is 12.5 Å². The molecule has 1 aromatic heterocycles. The lowest BCUT2D eigenvalue weighted by Gasteiger charge is -2.23. The van der Waals surface area contributed by atoms with Crippen LogP contribution in [-0.2, 0) is 0 Å². The van der Waals surface area contributed by atoms with Crippen LogP contribution in [0.15, 0.2) is 12.3 Å². The number of hydrogen-bond acceptors (Lipinski definition) is 5. The molecule has 0 aliphatic heterocycles. The molecule has 0 amide bonds. The summed E-state index contributed by atoms with van der Waals surface area (Å²) in [6.45, 7) is 5.70. The third kappa shape index (κ3) is 3.73. The minimum atomic E-state index is 0.454. The molecule has 0 aromatic carbocycles. The maximum absolute atomic E-state index is 8.61. The average molecular weight is 219 g/mol. The van der Waals surface area contributed by atoms with Gasteiger partial charge in [0.1, 0.15) is 5.82 Å². The summed E-state index contributed by atoms with van der Waals surface area (Å²) in [5.41, 5.74) is 5.61. The molecule has 0 atom stereocenters. The number of nitriles is 1. The summed E-state index contributed by atoms with van der Waals surface area (Å²) >= 11 is 0. The predicted octanol–water partition coefficient (Wildman–Crippen LogP) is 1.43. The van der Waals surface area contributed by atoms with E-state index in [1.54, 1.807) is 12.3 Å². The molecule has 86 valence electrons. The van der Waals surface area contributed by atoms with Gasteiger partial charge in [-0.1, -0.05) is 13.8 Å². The molecule has 1 rings (SSSR count). The Labute approximate surface area is 95.9 Å². The standard InChI is InChI=1S/C11H17N5/c1-9(2)8-16(7-3-5-12)11-14-6-4-10(13)15-11/h4,6,9H,3,7-8H2,1-2H3,(H2,13,14,15). The molecule has 0 bridgehead atoms. The van der Waals surface area contributed by atoms with E-state index < -0.39 is 0 Å². The van der Waals surface area contributed by atoms with Gasteiger partial charge in [0.2, 0.25) is 5.95 Å². The van der Waals surface area contributed by atoms with Gasteiger partial charge in [-0.2, -0.15) is 10.2 Å². The van der Waals surface area contributed by atoms with Gasteiger partial charge in [-0.05, 0) is 12.0 Å². The van der Waals surface area contributed by atoms with E-state index in [-0.39, 0.29) is 0 Å². The second kappa shape index (κ2) is 5.91. The van der Waals surface area contributed by atoms with Crippen LogP contribution in [0.25, 0.3) is 0 Å². The zero-order valence-electron chi connectivity index (χ0n) is 9.72. The second-order valence-electron chi connectivity index (χ2n) is 4.03. The first-order valence-electron chi connectivity index (χ1n) is 5.34. The van der Waals surface area contributed by atoms with Crippen LogP contribution in [0.2, 0.25) is 0 Å². The Morgan fingerprint density at radius 1 is 1.56 bits per heavy atom. The van der Waals surface area contributed by atoms with Crippen LogP contribution in [0, 0.1) is 17.2 Å². The smallest absolute Gasteiger partial charge is 0.227 e. The van der Waals surface area contributed by atoms with E-state index in [0.29, 0.717) is 30.6 Å². The minimum absolute atomic E-state index is 0.454. The molecule has 5 heteroatoms. The first-order valence-corrected chi connectivity index (χ1v) is 5.34. The van der Waals surface area contributed by atoms with Crippen molar-refractivity contribution < 1.29 is 0 Å². The molecule has 0 saturated heterocycles. The van der Waals surface area contributed by atoms with Crippen LogP contribution >= 0.6 is 0 Å². The number of aromatic nitrogens is 2. The minimum Gasteiger partial charge on any atom is -0.384 e. The van der Waals surface area contributed by atoms with Crippen molar-refractivity contribution in [2.75, 3.05) is 23.7 Å². The number of anilines is 2. The molecule has 0 unspecified atom stereocenters. The normalized spacial score (nSPS) is 10.1. The van der Waals surface area contributed by atoms with Gasteiger partial charge in [-0.25, -0.2) is 4.98 Å². The zero-order chi connectivity index (χ0) is 12.0. The highest BCUT2D eigenvalue weighted by molar-refractivity contribution is 5.37. The molecular weight excluding hydrogens is 202 g/mol. The van der Waals surface area contributed by atoms with Gasteiger partial charge in [0, 0.05) is 19.3 Å². The van der Waals surface area contributed by atoms with Gasteiger partial charge < -0.3 is 10.6 Å². The topological polar surface area (TPSA) is 78.8 Å². The highest BCUT2D eigenvalue weighted by Gasteiger charge is 2.10. The van der Waals surface area contributed by atoms with Gasteiger partial charge in [-0.15, -0.1) is 0 Å². The van der Waals surface area contributed by atoms with Gasteiger partial charge in [0.15, 0.2) is 0 Å². The fourth-order valence-corrected chi connectivity index (χ4v) is 1.41. The van der Waals surface area contributed by atoms with E-state index in [1.165, 1.54) is 0 Å². The van der Waals surface area contributed by atoms with Gasteiger partial charge in [0.25, 0.3) is 0 Å². The number of hydrogen-bond donors (Lipinski definition) is 1. The number of nitrogens with two attached hydrogens (primary N) is 1. The maximum atomic E-state index is 8.61. The summed E-state index contributed by atoms with van der Waals surface area (Å²) < 4.78 is 0. The average Bonchev–Trinajstić information content (AvgIpc) is 2.23. The number of nitrogen functional groups attached to an aromatic ring is 1. The Morgan fingerprint density at radius 3 is 2.88 bits per heavy atom. The highest BCUT2D eigenvalue weighted by atomic mass is 15.3. The van der Waals surface area contributed by atoms with E-state index in [9.17, 15) is 0 Å². The first-order chi connectivity index (χ1) is 7.63. The molecular formula is C11H17N5. The largest absolute Gasteiger partial charge is 0.384 e. The molecule has 0 fully saturated rings. The second-order valence-corrected chi connectivity index (χ2v) is 4.03. The third-order valence-corrected chi connectivity index (χ3v) is 2.03. The molecule has 0 radical (unpaired) electrons. The van der Waals surface area contributed by atoms with Gasteiger partial charge >= 0.3 is 0 Å². The fraction of sp³-hybridized carbons (Fsp3) is 0.545. The van der Waals surface area contributed by atoms with Crippen LogP contribution in [0.1, 0.15) is 20.3 Å². The van der Waals surface area contributed by atoms with Crippen molar-refractivity contribution in [3.05, 3.63) is 12.3 Å². The summed E-state index contributed by atoms with van der Waals surface area (Å²) in [6, 6.07) is 3.78. The first kappa shape index (κ1) is 12.2. The zero-order valence-corrected chi connectivity index (χ0v) is 9.72. The molecule has 0 spiro atoms. The summed E-state index contributed by atoms with van der Waals surface area (Å²) in [4.78, 5) is 10.3. The Kier molecular flexibility index (Phi) is 4.52. The number of nitrogens with zero attached hydrogens (tertiary/aromatic N) is 4. The summed E-state index contributed by atoms with van der Waals surface area (Å²) in [5, 5.41) is 8.61. The van der Waals surface area contributed by atoms with Crippen molar-refractivity contribution in [2.45, 2.75) is 20.3 Å². The van der Waals surface area contributed by atoms with Crippen LogP contribution in [-0.4, -0.2) is 23.1 Å². The predicted molar refractivity (Wildman–Crippen MR) is 63.7 cm³/mol. The molecule has 5 nitrogen and oxygen atoms in total. The lowest BCUT2D eigenvalue weighted by molar-refractivity contribution is 0.602. The molecule has 1 aromatic rings. The molecule has 0 saturated carbocycles. The summed E-state index contributed by atoms with van der Waals surface area (Å²) in [7, 11) is 0. The van der Waals surface area contributed by atoms with Crippen LogP contribution in [0.5, 0.6) is 0 Å². The fourth-order valence-electron chi connectivity index (χ4n) is 1.41. The molecule has 2 N–H and O–H groups in total. The van der Waals surface area contributed by atoms with E-state index >= 15 is 0 Å². The van der Waals surface area contributed by atoms with E-state index in [1.807, 2.05) is 4.90 Å². The van der Waals surface area contributed by atoms with Crippen LogP contribution in [0.4, 0.5) is 11.8 Å². The maximum Gasteiger partial charge on any atom is 0.227 e. The quantitative estimate of drug-likeness (QED) is 0.810. The Bertz CT molecular complexity index is 369. The Hall–Kier alpha value is -1.83. The molecule has 16 heavy (non-hydrogen) atoms. The van der Waals surface area contributed by atoms with Crippen molar-refractivity contribution in [3.63, 3.8) is 0 Å². The van der Waals surface area contributed by atoms with Crippen molar-refractivity contribution in [3.8, 4) is 6.07 Å². The monoisotopic (exact) mass is 219 g/mol. The van der Waals surface area contributed by atoms with E-state index in [4.69, 9.17) is 11.0 Å². The van der Waals surface area contributed by atoms with Crippen LogP contribution in [0.3, 0.4) is 0 Å². The van der Waals surface area contributed by atoms with Crippen molar-refractivity contribution >= 4 is 11.8 Å². The van der Waals surface area contributed by atoms with Crippen molar-refractivity contribution in [1.82, 2.24) is 9.97 Å². The highest BCUT2D eigenvalue weighted by Crippen LogP contribution is 2.11. The Balaban J connectivity index is 2.79. The lowest BCUT2D eigenvalue weighted by atomic mass is 10.2. The van der Waals surface area contributed by atoms with Crippen LogP contribution < -0.4 is 10.6 Å². The van der Waals surface area contributed by atoms with Crippen molar-refractivity contribution in [2.24, 2.45) is 5.92 Å². The van der Waals surface area contributed by atoms with Gasteiger partial charge in [-0.3, -0.25) is 0 Å². The lowest BCUT2D eigenvalue weighted by Crippen LogP contribution is -2.30. The molecule has 0 aliphatic rings. The molecule has 0 aliphatic carbocycles. The Morgan fingerprint density at radius 2 is 2.31 bits per heavy atom. The molecule has 1 heterocycles. The number of rotatable bonds is 5.